The van der Waals surface area contributed by atoms with E-state index in [1.54, 1.807) is 23.1 Å². The van der Waals surface area contributed by atoms with E-state index in [1.807, 2.05) is 13.2 Å². The number of rotatable bonds is 12. The predicted molar refractivity (Wildman–Crippen MR) is 86.4 cm³/mol. The van der Waals surface area contributed by atoms with Gasteiger partial charge in [-0.25, -0.2) is 12.7 Å². The van der Waals surface area contributed by atoms with E-state index in [0.717, 1.165) is 44.5 Å². The lowest BCUT2D eigenvalue weighted by Gasteiger charge is -2.26. The molecule has 0 aromatic heterocycles. The Morgan fingerprint density at radius 1 is 1.21 bits per heavy atom. The van der Waals surface area contributed by atoms with Crippen LogP contribution in [-0.4, -0.2) is 56.7 Å². The molecule has 116 valence electrons. The van der Waals surface area contributed by atoms with Gasteiger partial charge < -0.3 is 5.32 Å². The number of sulfonamides is 1. The van der Waals surface area contributed by atoms with Crippen LogP contribution < -0.4 is 5.32 Å². The van der Waals surface area contributed by atoms with E-state index in [1.165, 1.54) is 0 Å². The summed E-state index contributed by atoms with van der Waals surface area (Å²) in [4.78, 5) is 0. The summed E-state index contributed by atoms with van der Waals surface area (Å²) in [5.74, 6) is 1.13. The maximum atomic E-state index is 12.2. The monoisotopic (exact) mass is 310 g/mol. The summed E-state index contributed by atoms with van der Waals surface area (Å²) >= 11 is 1.70. The number of hydrogen-bond donors (Lipinski definition) is 1. The van der Waals surface area contributed by atoms with E-state index < -0.39 is 10.0 Å². The molecule has 0 aromatic rings. The molecule has 0 aliphatic heterocycles. The van der Waals surface area contributed by atoms with Crippen molar-refractivity contribution in [1.29, 1.82) is 0 Å². The Morgan fingerprint density at radius 3 is 2.42 bits per heavy atom. The van der Waals surface area contributed by atoms with E-state index >= 15 is 0 Å². The number of nitrogens with zero attached hydrogens (tertiary/aromatic N) is 1. The summed E-state index contributed by atoms with van der Waals surface area (Å²) in [5.41, 5.74) is 0. The van der Waals surface area contributed by atoms with Crippen molar-refractivity contribution in [2.24, 2.45) is 0 Å². The minimum absolute atomic E-state index is 0.123. The molecule has 1 unspecified atom stereocenters. The first-order valence-electron chi connectivity index (χ1n) is 7.14. The summed E-state index contributed by atoms with van der Waals surface area (Å²) in [7, 11) is -1.38. The van der Waals surface area contributed by atoms with Crippen LogP contribution in [0.3, 0.4) is 0 Å². The topological polar surface area (TPSA) is 49.4 Å². The van der Waals surface area contributed by atoms with Crippen molar-refractivity contribution in [3.05, 3.63) is 0 Å². The fraction of sp³-hybridized carbons (Fsp3) is 1.00. The SMILES string of the molecule is CCCNCCCCS(=O)(=O)N(C)C(CC)CSC. The van der Waals surface area contributed by atoms with Crippen LogP contribution in [0.1, 0.15) is 39.5 Å². The molecule has 0 amide bonds. The van der Waals surface area contributed by atoms with E-state index in [-0.39, 0.29) is 11.8 Å². The van der Waals surface area contributed by atoms with Crippen molar-refractivity contribution in [1.82, 2.24) is 9.62 Å². The van der Waals surface area contributed by atoms with Gasteiger partial charge in [0.1, 0.15) is 0 Å². The molecule has 1 N–H and O–H groups in total. The average molecular weight is 311 g/mol. The van der Waals surface area contributed by atoms with Crippen molar-refractivity contribution >= 4 is 21.8 Å². The number of thioether (sulfide) groups is 1. The van der Waals surface area contributed by atoms with Gasteiger partial charge in [0.05, 0.1) is 5.75 Å². The molecule has 0 aromatic carbocycles. The largest absolute Gasteiger partial charge is 0.317 e. The van der Waals surface area contributed by atoms with E-state index in [0.29, 0.717) is 0 Å². The third kappa shape index (κ3) is 8.17. The lowest BCUT2D eigenvalue weighted by atomic mass is 10.3. The van der Waals surface area contributed by atoms with Crippen LogP contribution in [0, 0.1) is 0 Å². The van der Waals surface area contributed by atoms with Crippen LogP contribution in [0.25, 0.3) is 0 Å². The first-order chi connectivity index (χ1) is 8.99. The highest BCUT2D eigenvalue weighted by Gasteiger charge is 2.24. The number of unbranched alkanes of at least 4 members (excludes halogenated alkanes) is 1. The Morgan fingerprint density at radius 2 is 1.89 bits per heavy atom. The zero-order valence-corrected chi connectivity index (χ0v) is 14.4. The first kappa shape index (κ1) is 19.2. The smallest absolute Gasteiger partial charge is 0.214 e. The average Bonchev–Trinajstić information content (AvgIpc) is 2.39. The molecule has 0 spiro atoms. The third-order valence-electron chi connectivity index (χ3n) is 3.22. The van der Waals surface area contributed by atoms with E-state index in [2.05, 4.69) is 12.2 Å². The minimum atomic E-state index is -3.09. The van der Waals surface area contributed by atoms with Crippen LogP contribution in [-0.2, 0) is 10.0 Å². The molecule has 0 saturated heterocycles. The zero-order chi connectivity index (χ0) is 14.7. The molecule has 0 saturated carbocycles. The Kier molecular flexibility index (Phi) is 11.1. The van der Waals surface area contributed by atoms with Gasteiger partial charge >= 0.3 is 0 Å². The lowest BCUT2D eigenvalue weighted by molar-refractivity contribution is 0.384. The molecule has 0 aliphatic rings. The van der Waals surface area contributed by atoms with Crippen molar-refractivity contribution < 1.29 is 8.42 Å². The molecular formula is C13H30N2O2S2. The van der Waals surface area contributed by atoms with Gasteiger partial charge in [-0.3, -0.25) is 0 Å². The highest BCUT2D eigenvalue weighted by molar-refractivity contribution is 7.98. The molecule has 0 rings (SSSR count). The summed E-state index contributed by atoms with van der Waals surface area (Å²) in [6.07, 6.45) is 5.66. The van der Waals surface area contributed by atoms with Crippen LogP contribution in [0.5, 0.6) is 0 Å². The minimum Gasteiger partial charge on any atom is -0.317 e. The molecule has 6 heteroatoms. The van der Waals surface area contributed by atoms with Gasteiger partial charge in [-0.1, -0.05) is 13.8 Å². The highest BCUT2D eigenvalue weighted by Crippen LogP contribution is 2.13. The summed E-state index contributed by atoms with van der Waals surface area (Å²) in [6, 6.07) is 0.123. The summed E-state index contributed by atoms with van der Waals surface area (Å²) in [5, 5.41) is 3.29. The van der Waals surface area contributed by atoms with Gasteiger partial charge in [0, 0.05) is 18.8 Å². The Labute approximate surface area is 123 Å². The Balaban J connectivity index is 4.08. The van der Waals surface area contributed by atoms with Crippen LogP contribution in [0.4, 0.5) is 0 Å². The van der Waals surface area contributed by atoms with Crippen LogP contribution in [0.2, 0.25) is 0 Å². The van der Waals surface area contributed by atoms with Crippen molar-refractivity contribution in [3.63, 3.8) is 0 Å². The molecule has 0 aliphatic carbocycles. The van der Waals surface area contributed by atoms with Gasteiger partial charge in [-0.05, 0) is 45.0 Å². The van der Waals surface area contributed by atoms with Crippen molar-refractivity contribution in [2.75, 3.05) is 37.9 Å². The normalized spacial score (nSPS) is 13.9. The van der Waals surface area contributed by atoms with Crippen molar-refractivity contribution in [2.45, 2.75) is 45.6 Å². The molecule has 1 atom stereocenters. The molecule has 0 radical (unpaired) electrons. The Bertz CT molecular complexity index is 308. The molecule has 0 fully saturated rings. The summed E-state index contributed by atoms with van der Waals surface area (Å²) < 4.78 is 26.0. The van der Waals surface area contributed by atoms with Gasteiger partial charge in [0.15, 0.2) is 0 Å². The van der Waals surface area contributed by atoms with Gasteiger partial charge in [-0.15, -0.1) is 0 Å². The lowest BCUT2D eigenvalue weighted by Crippen LogP contribution is -2.39. The standard InChI is InChI=1S/C13H30N2O2S2/c1-5-9-14-10-7-8-11-19(16,17)15(3)13(6-2)12-18-4/h13-14H,5-12H2,1-4H3. The van der Waals surface area contributed by atoms with Gasteiger partial charge in [0.2, 0.25) is 10.0 Å². The maximum absolute atomic E-state index is 12.2. The molecular weight excluding hydrogens is 280 g/mol. The van der Waals surface area contributed by atoms with Crippen molar-refractivity contribution in [3.8, 4) is 0 Å². The first-order valence-corrected chi connectivity index (χ1v) is 10.1. The maximum Gasteiger partial charge on any atom is 0.214 e. The second-order valence-electron chi connectivity index (χ2n) is 4.81. The summed E-state index contributed by atoms with van der Waals surface area (Å²) in [6.45, 7) is 6.10. The molecule has 0 bridgehead atoms. The molecule has 4 nitrogen and oxygen atoms in total. The van der Waals surface area contributed by atoms with Gasteiger partial charge in [0.25, 0.3) is 0 Å². The number of nitrogens with one attached hydrogen (secondary N) is 1. The molecule has 19 heavy (non-hydrogen) atoms. The third-order valence-corrected chi connectivity index (χ3v) is 5.91. The van der Waals surface area contributed by atoms with Crippen LogP contribution >= 0.6 is 11.8 Å². The van der Waals surface area contributed by atoms with E-state index in [9.17, 15) is 8.42 Å². The predicted octanol–water partition coefficient (Wildman–Crippen LogP) is 2.17. The van der Waals surface area contributed by atoms with E-state index in [4.69, 9.17) is 0 Å². The Hall–Kier alpha value is 0.220. The molecule has 0 heterocycles. The fourth-order valence-corrected chi connectivity index (χ4v) is 4.35. The second kappa shape index (κ2) is 10.9. The fourth-order valence-electron chi connectivity index (χ4n) is 1.88. The number of hydrogen-bond acceptors (Lipinski definition) is 4. The second-order valence-corrected chi connectivity index (χ2v) is 7.87. The van der Waals surface area contributed by atoms with Crippen LogP contribution in [0.15, 0.2) is 0 Å². The highest BCUT2D eigenvalue weighted by atomic mass is 32.2. The zero-order valence-electron chi connectivity index (χ0n) is 12.8. The van der Waals surface area contributed by atoms with Gasteiger partial charge in [-0.2, -0.15) is 11.8 Å². The quantitative estimate of drug-likeness (QED) is 0.561.